The van der Waals surface area contributed by atoms with Crippen molar-refractivity contribution < 1.29 is 19.0 Å². The lowest BCUT2D eigenvalue weighted by Gasteiger charge is -2.26. The lowest BCUT2D eigenvalue weighted by molar-refractivity contribution is -0.157. The summed E-state index contributed by atoms with van der Waals surface area (Å²) in [6.07, 6.45) is 2.11. The molecule has 0 aliphatic rings. The normalized spacial score (nSPS) is 13.0. The smallest absolute Gasteiger partial charge is 0.349 e. The zero-order valence-electron chi connectivity index (χ0n) is 20.5. The number of halogens is 1. The second kappa shape index (κ2) is 10.5. The number of nitrogens with zero attached hydrogens (tertiary/aromatic N) is 4. The minimum Gasteiger partial charge on any atom is -0.490 e. The van der Waals surface area contributed by atoms with Crippen LogP contribution in [0.5, 0.6) is 11.5 Å². The highest BCUT2D eigenvalue weighted by atomic mass is 35.5. The molecule has 184 valence electrons. The van der Waals surface area contributed by atoms with Crippen molar-refractivity contribution in [1.29, 1.82) is 0 Å². The second-order valence-electron chi connectivity index (χ2n) is 8.25. The largest absolute Gasteiger partial charge is 0.490 e. The Hall–Kier alpha value is -3.07. The monoisotopic (exact) mass is 490 g/mol. The first-order valence-electron chi connectivity index (χ1n) is 11.3. The van der Waals surface area contributed by atoms with Gasteiger partial charge in [0, 0.05) is 13.1 Å². The molecular weight excluding hydrogens is 460 g/mol. The number of aromatic nitrogens is 4. The molecule has 1 aromatic carbocycles. The van der Waals surface area contributed by atoms with Crippen LogP contribution in [-0.2, 0) is 29.5 Å². The lowest BCUT2D eigenvalue weighted by Crippen LogP contribution is -2.41. The van der Waals surface area contributed by atoms with Gasteiger partial charge in [-0.3, -0.25) is 14.0 Å². The molecule has 2 heterocycles. The summed E-state index contributed by atoms with van der Waals surface area (Å²) in [5.41, 5.74) is 0.665. The Kier molecular flexibility index (Phi) is 7.86. The summed E-state index contributed by atoms with van der Waals surface area (Å²) in [7, 11) is 3.08. The molecule has 0 radical (unpaired) electrons. The van der Waals surface area contributed by atoms with Crippen molar-refractivity contribution in [2.75, 3.05) is 13.7 Å². The Morgan fingerprint density at radius 2 is 2.00 bits per heavy atom. The highest BCUT2D eigenvalue weighted by Crippen LogP contribution is 2.32. The van der Waals surface area contributed by atoms with Crippen LogP contribution in [0.2, 0.25) is 5.02 Å². The average molecular weight is 491 g/mol. The summed E-state index contributed by atoms with van der Waals surface area (Å²) in [4.78, 5) is 29.9. The molecule has 0 aliphatic heterocycles. The number of rotatable bonds is 10. The minimum absolute atomic E-state index is 0.163. The van der Waals surface area contributed by atoms with Gasteiger partial charge in [0.2, 0.25) is 5.60 Å². The maximum atomic E-state index is 13.1. The number of esters is 1. The predicted molar refractivity (Wildman–Crippen MR) is 130 cm³/mol. The van der Waals surface area contributed by atoms with Gasteiger partial charge in [0.1, 0.15) is 29.4 Å². The zero-order valence-corrected chi connectivity index (χ0v) is 21.2. The van der Waals surface area contributed by atoms with E-state index < -0.39 is 11.6 Å². The number of carbonyl (C=O) groups excluding carboxylic acids is 1. The van der Waals surface area contributed by atoms with Gasteiger partial charge in [-0.15, -0.1) is 0 Å². The quantitative estimate of drug-likeness (QED) is 0.398. The third kappa shape index (κ3) is 5.04. The summed E-state index contributed by atoms with van der Waals surface area (Å²) < 4.78 is 19.8. The lowest BCUT2D eigenvalue weighted by atomic mass is 10.0. The summed E-state index contributed by atoms with van der Waals surface area (Å²) >= 11 is 6.30. The number of methoxy groups -OCH3 is 1. The molecule has 0 saturated carbocycles. The van der Waals surface area contributed by atoms with Crippen molar-refractivity contribution in [3.05, 3.63) is 45.1 Å². The number of ether oxygens (including phenoxy) is 3. The molecule has 34 heavy (non-hydrogen) atoms. The van der Waals surface area contributed by atoms with Gasteiger partial charge in [0.25, 0.3) is 5.56 Å². The number of benzene rings is 1. The van der Waals surface area contributed by atoms with Crippen LogP contribution in [0.4, 0.5) is 0 Å². The van der Waals surface area contributed by atoms with Crippen molar-refractivity contribution in [1.82, 2.24) is 19.3 Å². The molecule has 2 aromatic heterocycles. The van der Waals surface area contributed by atoms with Crippen molar-refractivity contribution in [2.45, 2.75) is 59.1 Å². The molecule has 1 atom stereocenters. The Morgan fingerprint density at radius 3 is 2.65 bits per heavy atom. The fourth-order valence-electron chi connectivity index (χ4n) is 3.73. The molecule has 9 nitrogen and oxygen atoms in total. The van der Waals surface area contributed by atoms with Gasteiger partial charge in [0.15, 0.2) is 5.52 Å². The molecular formula is C24H31ClN4O5. The molecule has 0 fully saturated rings. The second-order valence-corrected chi connectivity index (χ2v) is 8.66. The summed E-state index contributed by atoms with van der Waals surface area (Å²) in [6.45, 7) is 7.81. The fourth-order valence-corrected chi connectivity index (χ4v) is 3.90. The molecule has 0 saturated heterocycles. The van der Waals surface area contributed by atoms with E-state index in [2.05, 4.69) is 17.0 Å². The number of hydrogen-bond donors (Lipinski definition) is 0. The number of aryl methyl sites for hydroxylation is 3. The van der Waals surface area contributed by atoms with Gasteiger partial charge in [-0.25, -0.2) is 9.78 Å². The summed E-state index contributed by atoms with van der Waals surface area (Å²) in [5, 5.41) is 4.86. The van der Waals surface area contributed by atoms with Gasteiger partial charge in [-0.1, -0.05) is 31.9 Å². The third-order valence-corrected chi connectivity index (χ3v) is 6.11. The van der Waals surface area contributed by atoms with Crippen molar-refractivity contribution in [3.8, 4) is 11.5 Å². The molecule has 3 rings (SSSR count). The third-order valence-electron chi connectivity index (χ3n) is 5.80. The predicted octanol–water partition coefficient (Wildman–Crippen LogP) is 3.84. The van der Waals surface area contributed by atoms with Crippen LogP contribution < -0.4 is 15.0 Å². The molecule has 0 unspecified atom stereocenters. The fraction of sp³-hybridized carbons (Fsp3) is 0.500. The first kappa shape index (κ1) is 25.6. The van der Waals surface area contributed by atoms with E-state index in [4.69, 9.17) is 25.8 Å². The minimum atomic E-state index is -1.13. The van der Waals surface area contributed by atoms with E-state index in [1.54, 1.807) is 48.3 Å². The van der Waals surface area contributed by atoms with Gasteiger partial charge < -0.3 is 14.2 Å². The van der Waals surface area contributed by atoms with E-state index in [9.17, 15) is 9.59 Å². The van der Waals surface area contributed by atoms with E-state index >= 15 is 0 Å². The molecule has 0 N–H and O–H groups in total. The average Bonchev–Trinajstić information content (AvgIpc) is 3.12. The van der Waals surface area contributed by atoms with Crippen LogP contribution in [0, 0.1) is 6.92 Å². The van der Waals surface area contributed by atoms with E-state index in [1.807, 2.05) is 6.92 Å². The molecule has 0 amide bonds. The maximum Gasteiger partial charge on any atom is 0.349 e. The van der Waals surface area contributed by atoms with Crippen molar-refractivity contribution in [2.24, 2.45) is 7.05 Å². The van der Waals surface area contributed by atoms with E-state index in [0.717, 1.165) is 18.5 Å². The first-order chi connectivity index (χ1) is 16.1. The van der Waals surface area contributed by atoms with E-state index in [0.29, 0.717) is 39.8 Å². The first-order valence-corrected chi connectivity index (χ1v) is 11.7. The van der Waals surface area contributed by atoms with Gasteiger partial charge in [-0.2, -0.15) is 5.10 Å². The molecule has 0 bridgehead atoms. The van der Waals surface area contributed by atoms with Crippen molar-refractivity contribution >= 4 is 28.6 Å². The number of hydrogen-bond acceptors (Lipinski definition) is 7. The highest BCUT2D eigenvalue weighted by molar-refractivity contribution is 6.32. The maximum absolute atomic E-state index is 13.1. The Morgan fingerprint density at radius 1 is 1.26 bits per heavy atom. The molecule has 0 aliphatic carbocycles. The van der Waals surface area contributed by atoms with E-state index in [-0.39, 0.29) is 18.7 Å². The number of fused-ring (bicyclic) bond motifs is 1. The van der Waals surface area contributed by atoms with E-state index in [1.165, 1.54) is 7.11 Å². The van der Waals surface area contributed by atoms with Crippen LogP contribution in [0.3, 0.4) is 0 Å². The van der Waals surface area contributed by atoms with Gasteiger partial charge in [-0.05, 0) is 38.8 Å². The standard InChI is InChI=1S/C24H31ClN4O5/c1-7-9-18-20-21(28(5)27-18)22(30)29(15(3)26-20)12-13-33-19-14-16(10-11-17(19)25)34-24(4,8-2)23(31)32-6/h10-11,14H,7-9,12-13H2,1-6H3/t24-/m1/s1. The molecule has 10 heteroatoms. The van der Waals surface area contributed by atoms with Crippen LogP contribution >= 0.6 is 11.6 Å². The highest BCUT2D eigenvalue weighted by Gasteiger charge is 2.35. The van der Waals surface area contributed by atoms with Crippen LogP contribution in [0.15, 0.2) is 23.0 Å². The Labute approximate surface area is 203 Å². The molecule has 0 spiro atoms. The van der Waals surface area contributed by atoms with Crippen LogP contribution in [-0.4, -0.2) is 44.6 Å². The summed E-state index contributed by atoms with van der Waals surface area (Å²) in [5.74, 6) is 0.922. The van der Waals surface area contributed by atoms with Gasteiger partial charge >= 0.3 is 5.97 Å². The summed E-state index contributed by atoms with van der Waals surface area (Å²) in [6, 6.07) is 4.92. The number of carbonyl (C=O) groups is 1. The molecule has 3 aromatic rings. The Balaban J connectivity index is 1.79. The SMILES string of the molecule is CCCc1nn(C)c2c(=O)n(CCOc3cc(O[C@](C)(CC)C(=O)OC)ccc3Cl)c(C)nc12. The van der Waals surface area contributed by atoms with Crippen LogP contribution in [0.25, 0.3) is 11.0 Å². The van der Waals surface area contributed by atoms with Gasteiger partial charge in [0.05, 0.1) is 24.4 Å². The van der Waals surface area contributed by atoms with Crippen molar-refractivity contribution in [3.63, 3.8) is 0 Å². The van der Waals surface area contributed by atoms with Crippen LogP contribution in [0.1, 0.15) is 45.1 Å². The Bertz CT molecular complexity index is 1250. The topological polar surface area (TPSA) is 97.5 Å². The zero-order chi connectivity index (χ0) is 25.0.